The van der Waals surface area contributed by atoms with Gasteiger partial charge in [0, 0.05) is 18.3 Å². The van der Waals surface area contributed by atoms with Crippen molar-refractivity contribution >= 4 is 5.69 Å². The molecule has 5 heteroatoms. The number of nitrogens with two attached hydrogens (primary N) is 1. The molecule has 102 valence electrons. The van der Waals surface area contributed by atoms with Crippen molar-refractivity contribution in [2.24, 2.45) is 5.92 Å². The maximum absolute atomic E-state index is 13.7. The molecule has 0 fully saturated rings. The van der Waals surface area contributed by atoms with Crippen LogP contribution in [-0.4, -0.2) is 9.78 Å². The summed E-state index contributed by atoms with van der Waals surface area (Å²) in [5.41, 5.74) is 6.57. The molecule has 0 aliphatic carbocycles. The van der Waals surface area contributed by atoms with Gasteiger partial charge in [-0.15, -0.1) is 0 Å². The lowest BCUT2D eigenvalue weighted by Gasteiger charge is -2.04. The van der Waals surface area contributed by atoms with Gasteiger partial charge in [0.25, 0.3) is 0 Å². The fourth-order valence-corrected chi connectivity index (χ4v) is 1.84. The number of nitrogens with zero attached hydrogens (tertiary/aromatic N) is 2. The van der Waals surface area contributed by atoms with Crippen LogP contribution in [0.4, 0.5) is 14.5 Å². The van der Waals surface area contributed by atoms with Crippen molar-refractivity contribution in [3.8, 4) is 11.3 Å². The lowest BCUT2D eigenvalue weighted by molar-refractivity contribution is 0.487. The van der Waals surface area contributed by atoms with E-state index in [4.69, 9.17) is 5.73 Å². The standard InChI is InChI=1S/C14H17F2N3/c1-9(2)6-7-19-8-12(17)14(18-19)10-4-3-5-11(15)13(10)16/h3-5,8-9H,6-7,17H2,1-2H3. The van der Waals surface area contributed by atoms with Gasteiger partial charge in [-0.05, 0) is 24.5 Å². The first kappa shape index (κ1) is 13.5. The highest BCUT2D eigenvalue weighted by Crippen LogP contribution is 2.27. The number of benzene rings is 1. The minimum Gasteiger partial charge on any atom is -0.396 e. The summed E-state index contributed by atoms with van der Waals surface area (Å²) in [6, 6.07) is 4.00. The molecule has 0 bridgehead atoms. The van der Waals surface area contributed by atoms with Crippen LogP contribution in [-0.2, 0) is 6.54 Å². The molecule has 1 aromatic carbocycles. The van der Waals surface area contributed by atoms with Crippen LogP contribution in [0.25, 0.3) is 11.3 Å². The van der Waals surface area contributed by atoms with Gasteiger partial charge in [-0.3, -0.25) is 4.68 Å². The Morgan fingerprint density at radius 2 is 2.05 bits per heavy atom. The normalized spacial score (nSPS) is 11.2. The van der Waals surface area contributed by atoms with Gasteiger partial charge in [-0.1, -0.05) is 19.9 Å². The fraction of sp³-hybridized carbons (Fsp3) is 0.357. The van der Waals surface area contributed by atoms with Crippen LogP contribution >= 0.6 is 0 Å². The van der Waals surface area contributed by atoms with E-state index in [2.05, 4.69) is 18.9 Å². The molecule has 2 aromatic rings. The molecule has 2 N–H and O–H groups in total. The number of nitrogen functional groups attached to an aromatic ring is 1. The molecule has 0 aliphatic heterocycles. The molecule has 0 radical (unpaired) electrons. The predicted octanol–water partition coefficient (Wildman–Crippen LogP) is 3.46. The maximum atomic E-state index is 13.7. The zero-order valence-electron chi connectivity index (χ0n) is 11.0. The Morgan fingerprint density at radius 3 is 2.74 bits per heavy atom. The molecule has 0 amide bonds. The number of hydrogen-bond donors (Lipinski definition) is 1. The van der Waals surface area contributed by atoms with E-state index in [-0.39, 0.29) is 5.56 Å². The molecule has 3 nitrogen and oxygen atoms in total. The Kier molecular flexibility index (Phi) is 3.83. The van der Waals surface area contributed by atoms with Crippen LogP contribution in [0.1, 0.15) is 20.3 Å². The summed E-state index contributed by atoms with van der Waals surface area (Å²) < 4.78 is 28.6. The van der Waals surface area contributed by atoms with Gasteiger partial charge < -0.3 is 5.73 Å². The second kappa shape index (κ2) is 5.38. The predicted molar refractivity (Wildman–Crippen MR) is 71.4 cm³/mol. The minimum atomic E-state index is -0.914. The topological polar surface area (TPSA) is 43.8 Å². The summed E-state index contributed by atoms with van der Waals surface area (Å²) in [4.78, 5) is 0. The molecule has 2 rings (SSSR count). The monoisotopic (exact) mass is 265 g/mol. The first-order valence-corrected chi connectivity index (χ1v) is 6.26. The second-order valence-corrected chi connectivity index (χ2v) is 4.98. The Bertz CT molecular complexity index is 576. The van der Waals surface area contributed by atoms with Crippen molar-refractivity contribution in [2.45, 2.75) is 26.8 Å². The first-order chi connectivity index (χ1) is 8.99. The van der Waals surface area contributed by atoms with Gasteiger partial charge in [0.2, 0.25) is 0 Å². The van der Waals surface area contributed by atoms with Crippen molar-refractivity contribution in [3.63, 3.8) is 0 Å². The van der Waals surface area contributed by atoms with Crippen LogP contribution in [0, 0.1) is 17.6 Å². The largest absolute Gasteiger partial charge is 0.396 e. The average molecular weight is 265 g/mol. The zero-order chi connectivity index (χ0) is 14.0. The van der Waals surface area contributed by atoms with Gasteiger partial charge in [0.05, 0.1) is 5.69 Å². The number of anilines is 1. The highest BCUT2D eigenvalue weighted by Gasteiger charge is 2.15. The Balaban J connectivity index is 2.32. The molecule has 1 heterocycles. The summed E-state index contributed by atoms with van der Waals surface area (Å²) in [6.45, 7) is 4.93. The van der Waals surface area contributed by atoms with E-state index in [1.54, 1.807) is 10.9 Å². The Morgan fingerprint density at radius 1 is 1.32 bits per heavy atom. The average Bonchev–Trinajstić information content (AvgIpc) is 2.71. The summed E-state index contributed by atoms with van der Waals surface area (Å²) in [5, 5.41) is 4.24. The first-order valence-electron chi connectivity index (χ1n) is 6.26. The highest BCUT2D eigenvalue weighted by atomic mass is 19.2. The molecule has 0 saturated carbocycles. The number of aromatic nitrogens is 2. The molecular formula is C14H17F2N3. The lowest BCUT2D eigenvalue weighted by atomic mass is 10.1. The number of halogens is 2. The maximum Gasteiger partial charge on any atom is 0.168 e. The van der Waals surface area contributed by atoms with Crippen molar-refractivity contribution in [2.75, 3.05) is 5.73 Å². The molecule has 19 heavy (non-hydrogen) atoms. The third-order valence-corrected chi connectivity index (χ3v) is 2.93. The molecule has 0 unspecified atom stereocenters. The van der Waals surface area contributed by atoms with Crippen LogP contribution in [0.2, 0.25) is 0 Å². The summed E-state index contributed by atoms with van der Waals surface area (Å²) in [6.07, 6.45) is 2.61. The van der Waals surface area contributed by atoms with Crippen molar-refractivity contribution in [1.82, 2.24) is 9.78 Å². The van der Waals surface area contributed by atoms with Gasteiger partial charge in [0.1, 0.15) is 5.69 Å². The molecule has 0 atom stereocenters. The van der Waals surface area contributed by atoms with Gasteiger partial charge >= 0.3 is 0 Å². The van der Waals surface area contributed by atoms with Crippen molar-refractivity contribution in [1.29, 1.82) is 0 Å². The van der Waals surface area contributed by atoms with Gasteiger partial charge in [0.15, 0.2) is 11.6 Å². The Hall–Kier alpha value is -1.91. The lowest BCUT2D eigenvalue weighted by Crippen LogP contribution is -2.02. The zero-order valence-corrected chi connectivity index (χ0v) is 11.0. The molecule has 0 spiro atoms. The van der Waals surface area contributed by atoms with E-state index in [0.717, 1.165) is 12.5 Å². The van der Waals surface area contributed by atoms with Gasteiger partial charge in [-0.2, -0.15) is 5.10 Å². The third-order valence-electron chi connectivity index (χ3n) is 2.93. The summed E-state index contributed by atoms with van der Waals surface area (Å²) in [5.74, 6) is -1.27. The quantitative estimate of drug-likeness (QED) is 0.920. The minimum absolute atomic E-state index is 0.0980. The number of hydrogen-bond acceptors (Lipinski definition) is 2. The Labute approximate surface area is 111 Å². The van der Waals surface area contributed by atoms with E-state index >= 15 is 0 Å². The van der Waals surface area contributed by atoms with Crippen LogP contribution in [0.3, 0.4) is 0 Å². The van der Waals surface area contributed by atoms with E-state index < -0.39 is 11.6 Å². The SMILES string of the molecule is CC(C)CCn1cc(N)c(-c2cccc(F)c2F)n1. The van der Waals surface area contributed by atoms with Gasteiger partial charge in [-0.25, -0.2) is 8.78 Å². The summed E-state index contributed by atoms with van der Waals surface area (Å²) in [7, 11) is 0. The van der Waals surface area contributed by atoms with E-state index in [1.165, 1.54) is 12.1 Å². The van der Waals surface area contributed by atoms with E-state index in [0.29, 0.717) is 23.8 Å². The number of rotatable bonds is 4. The summed E-state index contributed by atoms with van der Waals surface area (Å²) >= 11 is 0. The fourth-order valence-electron chi connectivity index (χ4n) is 1.84. The molecule has 0 saturated heterocycles. The van der Waals surface area contributed by atoms with E-state index in [9.17, 15) is 8.78 Å². The smallest absolute Gasteiger partial charge is 0.168 e. The highest BCUT2D eigenvalue weighted by molar-refractivity contribution is 5.72. The number of aryl methyl sites for hydroxylation is 1. The van der Waals surface area contributed by atoms with Crippen LogP contribution in [0.5, 0.6) is 0 Å². The van der Waals surface area contributed by atoms with Crippen LogP contribution < -0.4 is 5.73 Å². The van der Waals surface area contributed by atoms with E-state index in [1.807, 2.05) is 0 Å². The van der Waals surface area contributed by atoms with Crippen molar-refractivity contribution < 1.29 is 8.78 Å². The van der Waals surface area contributed by atoms with Crippen LogP contribution in [0.15, 0.2) is 24.4 Å². The molecule has 1 aromatic heterocycles. The molecule has 0 aliphatic rings. The third kappa shape index (κ3) is 2.92. The molecular weight excluding hydrogens is 248 g/mol. The second-order valence-electron chi connectivity index (χ2n) is 4.98. The van der Waals surface area contributed by atoms with Crippen molar-refractivity contribution in [3.05, 3.63) is 36.0 Å².